The topological polar surface area (TPSA) is 70.5 Å². The van der Waals surface area contributed by atoms with Crippen LogP contribution < -0.4 is 10.9 Å². The number of hydrogen-bond donors (Lipinski definition) is 1. The molecule has 1 heterocycles. The third-order valence-electron chi connectivity index (χ3n) is 6.46. The molecule has 0 aliphatic rings. The molecule has 11 heteroatoms. The van der Waals surface area contributed by atoms with E-state index in [1.54, 1.807) is 53.4 Å². The monoisotopic (exact) mass is 571 g/mol. The maximum absolute atomic E-state index is 13.8. The minimum absolute atomic E-state index is 0.212. The smallest absolute Gasteiger partial charge is 0.313 e. The molecular formula is C29H29ClF3N5O2. The van der Waals surface area contributed by atoms with E-state index in [0.29, 0.717) is 40.4 Å². The Hall–Kier alpha value is -3.89. The second kappa shape index (κ2) is 12.1. The predicted octanol–water partition coefficient (Wildman–Crippen LogP) is 6.60. The van der Waals surface area contributed by atoms with E-state index in [4.69, 9.17) is 16.6 Å². The Labute approximate surface area is 234 Å². The van der Waals surface area contributed by atoms with Crippen molar-refractivity contribution in [3.63, 3.8) is 0 Å². The van der Waals surface area contributed by atoms with Crippen molar-refractivity contribution in [3.8, 4) is 5.69 Å². The number of para-hydroxylation sites is 1. The van der Waals surface area contributed by atoms with Gasteiger partial charge in [-0.2, -0.15) is 13.2 Å². The highest BCUT2D eigenvalue weighted by molar-refractivity contribution is 6.30. The van der Waals surface area contributed by atoms with Crippen LogP contribution in [0.15, 0.2) is 77.6 Å². The van der Waals surface area contributed by atoms with Gasteiger partial charge in [0, 0.05) is 23.8 Å². The highest BCUT2D eigenvalue weighted by Crippen LogP contribution is 2.31. The summed E-state index contributed by atoms with van der Waals surface area (Å²) < 4.78 is 40.6. The van der Waals surface area contributed by atoms with Crippen LogP contribution in [0, 0.1) is 0 Å². The Bertz CT molecular complexity index is 1540. The van der Waals surface area contributed by atoms with Crippen LogP contribution in [-0.2, 0) is 6.18 Å². The van der Waals surface area contributed by atoms with Crippen molar-refractivity contribution in [2.75, 3.05) is 32.5 Å². The summed E-state index contributed by atoms with van der Waals surface area (Å²) in [6.07, 6.45) is -4.08. The molecule has 4 rings (SSSR count). The van der Waals surface area contributed by atoms with E-state index in [9.17, 15) is 22.8 Å². The van der Waals surface area contributed by atoms with Gasteiger partial charge in [-0.25, -0.2) is 9.78 Å². The predicted molar refractivity (Wildman–Crippen MR) is 151 cm³/mol. The summed E-state index contributed by atoms with van der Waals surface area (Å²) in [6, 6.07) is 16.8. The Kier molecular flexibility index (Phi) is 8.80. The van der Waals surface area contributed by atoms with Gasteiger partial charge in [-0.15, -0.1) is 0 Å². The Morgan fingerprint density at radius 3 is 2.25 bits per heavy atom. The molecule has 1 atom stereocenters. The fourth-order valence-corrected chi connectivity index (χ4v) is 4.53. The van der Waals surface area contributed by atoms with Crippen molar-refractivity contribution < 1.29 is 18.0 Å². The summed E-state index contributed by atoms with van der Waals surface area (Å²) >= 11 is 6.11. The lowest BCUT2D eigenvalue weighted by Crippen LogP contribution is -2.43. The lowest BCUT2D eigenvalue weighted by Gasteiger charge is -2.33. The molecule has 0 saturated carbocycles. The second-order valence-corrected chi connectivity index (χ2v) is 9.97. The average Bonchev–Trinajstić information content (AvgIpc) is 2.91. The number of aromatic nitrogens is 2. The molecule has 4 aromatic rings. The summed E-state index contributed by atoms with van der Waals surface area (Å²) in [6.45, 7) is 2.64. The van der Waals surface area contributed by atoms with Crippen molar-refractivity contribution in [2.24, 2.45) is 0 Å². The molecule has 0 saturated heterocycles. The summed E-state index contributed by atoms with van der Waals surface area (Å²) in [4.78, 5) is 35.8. The van der Waals surface area contributed by atoms with Crippen LogP contribution >= 0.6 is 11.6 Å². The van der Waals surface area contributed by atoms with Crippen molar-refractivity contribution >= 4 is 34.2 Å². The van der Waals surface area contributed by atoms with E-state index in [1.165, 1.54) is 16.7 Å². The molecule has 7 nitrogen and oxygen atoms in total. The summed E-state index contributed by atoms with van der Waals surface area (Å²) in [7, 11) is 3.73. The largest absolute Gasteiger partial charge is 0.416 e. The molecule has 0 fully saturated rings. The second-order valence-electron chi connectivity index (χ2n) is 9.53. The number of anilines is 1. The molecule has 0 bridgehead atoms. The number of rotatable bonds is 8. The first-order valence-electron chi connectivity index (χ1n) is 12.7. The van der Waals surface area contributed by atoms with Gasteiger partial charge in [0.05, 0.1) is 28.2 Å². The number of nitrogens with one attached hydrogen (secondary N) is 1. The van der Waals surface area contributed by atoms with Crippen LogP contribution in [0.5, 0.6) is 0 Å². The minimum Gasteiger partial charge on any atom is -0.313 e. The number of nitrogens with zero attached hydrogens (tertiary/aromatic N) is 4. The van der Waals surface area contributed by atoms with E-state index in [2.05, 4.69) is 5.32 Å². The van der Waals surface area contributed by atoms with Crippen molar-refractivity contribution in [3.05, 3.63) is 99.6 Å². The molecule has 0 radical (unpaired) electrons. The number of hydrogen-bond acceptors (Lipinski definition) is 4. The molecule has 210 valence electrons. The van der Waals surface area contributed by atoms with Crippen molar-refractivity contribution in [1.29, 1.82) is 0 Å². The summed E-state index contributed by atoms with van der Waals surface area (Å²) in [5, 5.41) is 3.64. The van der Waals surface area contributed by atoms with Gasteiger partial charge in [0.25, 0.3) is 5.56 Å². The highest BCUT2D eigenvalue weighted by atomic mass is 35.5. The van der Waals surface area contributed by atoms with Gasteiger partial charge < -0.3 is 15.1 Å². The van der Waals surface area contributed by atoms with E-state index >= 15 is 0 Å². The van der Waals surface area contributed by atoms with E-state index in [0.717, 1.165) is 12.1 Å². The summed E-state index contributed by atoms with van der Waals surface area (Å²) in [5.41, 5.74) is 0.133. The number of fused-ring (bicyclic) bond motifs is 1. The molecule has 0 spiro atoms. The fourth-order valence-electron chi connectivity index (χ4n) is 4.40. The number of amides is 2. The van der Waals surface area contributed by atoms with Crippen LogP contribution in [0.2, 0.25) is 5.02 Å². The lowest BCUT2D eigenvalue weighted by atomic mass is 10.1. The number of benzene rings is 3. The van der Waals surface area contributed by atoms with E-state index < -0.39 is 23.8 Å². The first-order valence-corrected chi connectivity index (χ1v) is 13.0. The van der Waals surface area contributed by atoms with E-state index in [-0.39, 0.29) is 17.8 Å². The van der Waals surface area contributed by atoms with Crippen LogP contribution in [0.1, 0.15) is 30.8 Å². The molecule has 40 heavy (non-hydrogen) atoms. The van der Waals surface area contributed by atoms with Gasteiger partial charge in [-0.3, -0.25) is 9.36 Å². The number of carbonyl (C=O) groups is 1. The van der Waals surface area contributed by atoms with Crippen LogP contribution in [0.25, 0.3) is 16.6 Å². The van der Waals surface area contributed by atoms with Gasteiger partial charge in [-0.1, -0.05) is 30.7 Å². The fraction of sp³-hybridized carbons (Fsp3) is 0.276. The van der Waals surface area contributed by atoms with Gasteiger partial charge >= 0.3 is 12.2 Å². The zero-order valence-electron chi connectivity index (χ0n) is 22.2. The first-order chi connectivity index (χ1) is 19.0. The zero-order chi connectivity index (χ0) is 29.0. The Morgan fingerprint density at radius 2 is 1.65 bits per heavy atom. The Balaban J connectivity index is 1.81. The van der Waals surface area contributed by atoms with Gasteiger partial charge in [-0.05, 0) is 81.2 Å². The number of alkyl halides is 3. The maximum atomic E-state index is 13.8. The van der Waals surface area contributed by atoms with Gasteiger partial charge in [0.2, 0.25) is 0 Å². The third kappa shape index (κ3) is 6.46. The maximum Gasteiger partial charge on any atom is 0.416 e. The van der Waals surface area contributed by atoms with Gasteiger partial charge in [0.15, 0.2) is 0 Å². The first kappa shape index (κ1) is 29.1. The highest BCUT2D eigenvalue weighted by Gasteiger charge is 2.31. The number of halogens is 4. The SMILES string of the molecule is CCC(c1nc2ccccc2c(=O)n1-c1ccc(Cl)cc1)N(CCN(C)C)C(=O)Nc1ccc(C(F)(F)F)cc1. The molecule has 1 N–H and O–H groups in total. The minimum atomic E-state index is -4.49. The number of urea groups is 1. The van der Waals surface area contributed by atoms with Crippen LogP contribution in [0.4, 0.5) is 23.7 Å². The van der Waals surface area contributed by atoms with Crippen molar-refractivity contribution in [1.82, 2.24) is 19.4 Å². The van der Waals surface area contributed by atoms with E-state index in [1.807, 2.05) is 25.9 Å². The number of likely N-dealkylation sites (N-methyl/N-ethyl adjacent to an activating group) is 1. The molecule has 0 aliphatic carbocycles. The molecule has 1 aromatic heterocycles. The molecule has 2 amide bonds. The third-order valence-corrected chi connectivity index (χ3v) is 6.71. The average molecular weight is 572 g/mol. The van der Waals surface area contributed by atoms with Crippen LogP contribution in [0.3, 0.4) is 0 Å². The van der Waals surface area contributed by atoms with Crippen LogP contribution in [-0.4, -0.2) is 52.6 Å². The lowest BCUT2D eigenvalue weighted by molar-refractivity contribution is -0.137. The summed E-state index contributed by atoms with van der Waals surface area (Å²) in [5.74, 6) is 0.356. The molecule has 1 unspecified atom stereocenters. The zero-order valence-corrected chi connectivity index (χ0v) is 23.0. The van der Waals surface area contributed by atoms with Crippen molar-refractivity contribution in [2.45, 2.75) is 25.6 Å². The van der Waals surface area contributed by atoms with Gasteiger partial charge in [0.1, 0.15) is 5.82 Å². The molecule has 0 aliphatic heterocycles. The Morgan fingerprint density at radius 1 is 1.00 bits per heavy atom. The molecule has 3 aromatic carbocycles. The normalized spacial score (nSPS) is 12.5. The molecular weight excluding hydrogens is 543 g/mol. The quantitative estimate of drug-likeness (QED) is 0.258. The number of carbonyl (C=O) groups excluding carboxylic acids is 1. The standard InChI is InChI=1S/C29H29ClF3N5O2/c1-4-25(37(18-17-36(2)3)28(40)34-21-13-9-19(10-14-21)29(31,32)33)26-35-24-8-6-5-7-23(24)27(39)38(26)22-15-11-20(30)12-16-22/h5-16,25H,4,17-18H2,1-3H3,(H,34,40).